The third-order valence-corrected chi connectivity index (χ3v) is 4.38. The number of nitrogens with zero attached hydrogens (tertiary/aromatic N) is 1. The fraction of sp³-hybridized carbons (Fsp3) is 0.444. The quantitative estimate of drug-likeness (QED) is 0.0929. The molecule has 0 saturated carbocycles. The van der Waals surface area contributed by atoms with Crippen LogP contribution in [0.1, 0.15) is 18.4 Å². The molecule has 11 heteroatoms. The van der Waals surface area contributed by atoms with Crippen LogP contribution in [0.3, 0.4) is 0 Å². The standard InChI is InChI=1S/C18H28N6O4S/c19-12(9-11-5-2-1-3-6-11)15(25)23-13(7-4-8-22-18(20)21)16(26)24-14(10-29)17(27)28/h1-3,5-6,12-14,29H,4,7-10,19H2,(H,23,25)(H,24,26)(H,27,28)(H4,20,21,22). The number of thiol groups is 1. The van der Waals surface area contributed by atoms with Crippen LogP contribution in [0.4, 0.5) is 0 Å². The molecule has 10 nitrogen and oxygen atoms in total. The largest absolute Gasteiger partial charge is 0.480 e. The number of amides is 2. The molecule has 1 aromatic rings. The van der Waals surface area contributed by atoms with Gasteiger partial charge in [-0.3, -0.25) is 14.6 Å². The van der Waals surface area contributed by atoms with Crippen molar-refractivity contribution in [3.63, 3.8) is 0 Å². The van der Waals surface area contributed by atoms with Crippen molar-refractivity contribution in [2.45, 2.75) is 37.4 Å². The van der Waals surface area contributed by atoms with E-state index in [1.165, 1.54) is 0 Å². The number of carboxylic acids is 1. The van der Waals surface area contributed by atoms with Gasteiger partial charge in [-0.1, -0.05) is 30.3 Å². The van der Waals surface area contributed by atoms with E-state index in [9.17, 15) is 14.4 Å². The molecule has 0 spiro atoms. The molecule has 1 rings (SSSR count). The van der Waals surface area contributed by atoms with Crippen LogP contribution in [-0.2, 0) is 20.8 Å². The molecule has 1 aromatic carbocycles. The van der Waals surface area contributed by atoms with E-state index in [1.54, 1.807) is 0 Å². The van der Waals surface area contributed by atoms with Crippen molar-refractivity contribution in [2.24, 2.45) is 22.2 Å². The molecule has 9 N–H and O–H groups in total. The predicted molar refractivity (Wildman–Crippen MR) is 113 cm³/mol. The molecule has 0 aliphatic heterocycles. The Bertz CT molecular complexity index is 712. The van der Waals surface area contributed by atoms with Gasteiger partial charge in [0.2, 0.25) is 11.8 Å². The molecule has 3 atom stereocenters. The summed E-state index contributed by atoms with van der Waals surface area (Å²) in [6.07, 6.45) is 0.886. The summed E-state index contributed by atoms with van der Waals surface area (Å²) in [5, 5.41) is 14.0. The van der Waals surface area contributed by atoms with Gasteiger partial charge in [-0.25, -0.2) is 4.79 Å². The van der Waals surface area contributed by atoms with Crippen LogP contribution in [0.15, 0.2) is 35.3 Å². The van der Waals surface area contributed by atoms with Crippen molar-refractivity contribution < 1.29 is 19.5 Å². The second-order valence-corrected chi connectivity index (χ2v) is 6.75. The first-order valence-electron chi connectivity index (χ1n) is 9.04. The summed E-state index contributed by atoms with van der Waals surface area (Å²) >= 11 is 3.92. The number of benzene rings is 1. The Morgan fingerprint density at radius 2 is 1.69 bits per heavy atom. The number of hydrogen-bond acceptors (Lipinski definition) is 6. The average Bonchev–Trinajstić information content (AvgIpc) is 2.68. The number of aliphatic carboxylic acids is 1. The fourth-order valence-corrected chi connectivity index (χ4v) is 2.72. The summed E-state index contributed by atoms with van der Waals surface area (Å²) in [5.41, 5.74) is 17.4. The summed E-state index contributed by atoms with van der Waals surface area (Å²) in [6, 6.07) is 6.18. The first-order chi connectivity index (χ1) is 13.7. The SMILES string of the molecule is NC(N)=NCCCC(NC(=O)C(N)Cc1ccccc1)C(=O)NC(CS)C(=O)O. The Labute approximate surface area is 174 Å². The third-order valence-electron chi connectivity index (χ3n) is 4.01. The molecular weight excluding hydrogens is 396 g/mol. The molecule has 0 saturated heterocycles. The zero-order valence-electron chi connectivity index (χ0n) is 16.0. The number of carbonyl (C=O) groups is 3. The lowest BCUT2D eigenvalue weighted by atomic mass is 10.0. The smallest absolute Gasteiger partial charge is 0.327 e. The topological polar surface area (TPSA) is 186 Å². The van der Waals surface area contributed by atoms with Crippen LogP contribution in [0.2, 0.25) is 0 Å². The lowest BCUT2D eigenvalue weighted by Gasteiger charge is -2.22. The van der Waals surface area contributed by atoms with E-state index in [1.807, 2.05) is 30.3 Å². The highest BCUT2D eigenvalue weighted by Gasteiger charge is 2.27. The van der Waals surface area contributed by atoms with Crippen molar-refractivity contribution in [3.8, 4) is 0 Å². The van der Waals surface area contributed by atoms with Crippen LogP contribution in [0, 0.1) is 0 Å². The predicted octanol–water partition coefficient (Wildman–Crippen LogP) is -1.41. The van der Waals surface area contributed by atoms with Gasteiger partial charge in [0, 0.05) is 12.3 Å². The van der Waals surface area contributed by atoms with E-state index in [0.717, 1.165) is 5.56 Å². The molecule has 0 heterocycles. The minimum atomic E-state index is -1.22. The number of rotatable bonds is 12. The molecule has 3 unspecified atom stereocenters. The van der Waals surface area contributed by atoms with Gasteiger partial charge in [-0.05, 0) is 24.8 Å². The maximum Gasteiger partial charge on any atom is 0.327 e. The van der Waals surface area contributed by atoms with Crippen LogP contribution < -0.4 is 27.8 Å². The Morgan fingerprint density at radius 3 is 2.24 bits per heavy atom. The van der Waals surface area contributed by atoms with Crippen LogP contribution in [-0.4, -0.2) is 59.3 Å². The summed E-state index contributed by atoms with van der Waals surface area (Å²) in [7, 11) is 0. The molecule has 0 aliphatic carbocycles. The first-order valence-corrected chi connectivity index (χ1v) is 9.67. The van der Waals surface area contributed by atoms with E-state index < -0.39 is 35.9 Å². The molecule has 0 radical (unpaired) electrons. The molecule has 0 aromatic heterocycles. The van der Waals surface area contributed by atoms with Crippen molar-refractivity contribution in [2.75, 3.05) is 12.3 Å². The van der Waals surface area contributed by atoms with Gasteiger partial charge in [-0.15, -0.1) is 0 Å². The fourth-order valence-electron chi connectivity index (χ4n) is 2.47. The molecular formula is C18H28N6O4S. The van der Waals surface area contributed by atoms with Gasteiger partial charge in [0.1, 0.15) is 12.1 Å². The second-order valence-electron chi connectivity index (χ2n) is 6.39. The number of hydrogen-bond donors (Lipinski definition) is 7. The zero-order valence-corrected chi connectivity index (χ0v) is 16.8. The van der Waals surface area contributed by atoms with Gasteiger partial charge in [0.05, 0.1) is 6.04 Å². The highest BCUT2D eigenvalue weighted by Crippen LogP contribution is 2.05. The Kier molecular flexibility index (Phi) is 10.6. The molecule has 0 bridgehead atoms. The molecule has 0 fully saturated rings. The van der Waals surface area contributed by atoms with Gasteiger partial charge >= 0.3 is 5.97 Å². The van der Waals surface area contributed by atoms with E-state index in [4.69, 9.17) is 22.3 Å². The van der Waals surface area contributed by atoms with Crippen LogP contribution >= 0.6 is 12.6 Å². The number of carboxylic acid groups (broad SMARTS) is 1. The normalized spacial score (nSPS) is 13.6. The highest BCUT2D eigenvalue weighted by molar-refractivity contribution is 7.80. The number of carbonyl (C=O) groups excluding carboxylic acids is 2. The number of aliphatic imine (C=N–C) groups is 1. The van der Waals surface area contributed by atoms with Crippen molar-refractivity contribution in [1.82, 2.24) is 10.6 Å². The first kappa shape index (κ1) is 24.2. The van der Waals surface area contributed by atoms with Gasteiger partial charge in [0.15, 0.2) is 5.96 Å². The Hall–Kier alpha value is -2.79. The average molecular weight is 425 g/mol. The third kappa shape index (κ3) is 9.30. The minimum Gasteiger partial charge on any atom is -0.480 e. The molecule has 0 aliphatic rings. The zero-order chi connectivity index (χ0) is 21.8. The van der Waals surface area contributed by atoms with E-state index in [-0.39, 0.29) is 24.7 Å². The summed E-state index contributed by atoms with van der Waals surface area (Å²) in [6.45, 7) is 0.257. The number of guanidine groups is 1. The van der Waals surface area contributed by atoms with Crippen molar-refractivity contribution in [3.05, 3.63) is 35.9 Å². The molecule has 160 valence electrons. The highest BCUT2D eigenvalue weighted by atomic mass is 32.1. The number of nitrogens with one attached hydrogen (secondary N) is 2. The summed E-state index contributed by atoms with van der Waals surface area (Å²) in [4.78, 5) is 40.0. The van der Waals surface area contributed by atoms with E-state index >= 15 is 0 Å². The lowest BCUT2D eigenvalue weighted by molar-refractivity contribution is -0.141. The maximum absolute atomic E-state index is 12.5. The van der Waals surface area contributed by atoms with Crippen LogP contribution in [0.5, 0.6) is 0 Å². The van der Waals surface area contributed by atoms with Crippen molar-refractivity contribution in [1.29, 1.82) is 0 Å². The molecule has 2 amide bonds. The number of nitrogens with two attached hydrogens (primary N) is 3. The summed E-state index contributed by atoms with van der Waals surface area (Å²) < 4.78 is 0. The van der Waals surface area contributed by atoms with E-state index in [2.05, 4.69) is 28.3 Å². The van der Waals surface area contributed by atoms with Gasteiger partial charge in [-0.2, -0.15) is 12.6 Å². The Morgan fingerprint density at radius 1 is 1.07 bits per heavy atom. The van der Waals surface area contributed by atoms with Gasteiger partial charge in [0.25, 0.3) is 0 Å². The second kappa shape index (κ2) is 12.6. The Balaban J connectivity index is 2.77. The van der Waals surface area contributed by atoms with Crippen LogP contribution in [0.25, 0.3) is 0 Å². The monoisotopic (exact) mass is 424 g/mol. The van der Waals surface area contributed by atoms with E-state index in [0.29, 0.717) is 12.8 Å². The lowest BCUT2D eigenvalue weighted by Crippen LogP contribution is -2.55. The maximum atomic E-state index is 12.5. The van der Waals surface area contributed by atoms with Crippen molar-refractivity contribution >= 4 is 36.4 Å². The summed E-state index contributed by atoms with van der Waals surface area (Å²) in [5.74, 6) is -2.56. The minimum absolute atomic E-state index is 0.0825. The molecule has 29 heavy (non-hydrogen) atoms. The van der Waals surface area contributed by atoms with Gasteiger partial charge < -0.3 is 32.9 Å².